The molecule has 1 aliphatic heterocycles. The fourth-order valence-corrected chi connectivity index (χ4v) is 1.57. The second kappa shape index (κ2) is 4.27. The Hall–Kier alpha value is -1.72. The monoisotopic (exact) mass is 246 g/mol. The minimum absolute atomic E-state index is 0.0282. The molecule has 0 aromatic heterocycles. The van der Waals surface area contributed by atoms with Crippen LogP contribution in [0.15, 0.2) is 12.1 Å². The number of rotatable bonds is 1. The van der Waals surface area contributed by atoms with Crippen LogP contribution in [0.2, 0.25) is 0 Å². The molecule has 1 aromatic rings. The standard InChI is InChI=1S/C11H9F3O3/c12-11(13,14)8-5-10-9(4-7(8)6-15)16-2-1-3-17-10/h4-6H,1-3H2. The molecule has 2 rings (SSSR count). The summed E-state index contributed by atoms with van der Waals surface area (Å²) in [4.78, 5) is 10.6. The zero-order chi connectivity index (χ0) is 12.5. The lowest BCUT2D eigenvalue weighted by Crippen LogP contribution is -2.09. The summed E-state index contributed by atoms with van der Waals surface area (Å²) in [6, 6.07) is 1.88. The van der Waals surface area contributed by atoms with Crippen LogP contribution in [0.25, 0.3) is 0 Å². The number of ether oxygens (including phenoxy) is 2. The van der Waals surface area contributed by atoms with Gasteiger partial charge in [0, 0.05) is 12.0 Å². The topological polar surface area (TPSA) is 35.5 Å². The molecule has 0 fully saturated rings. The minimum atomic E-state index is -4.58. The average Bonchev–Trinajstić information content (AvgIpc) is 2.50. The van der Waals surface area contributed by atoms with Crippen LogP contribution in [0.5, 0.6) is 11.5 Å². The van der Waals surface area contributed by atoms with E-state index in [9.17, 15) is 18.0 Å². The largest absolute Gasteiger partial charge is 0.490 e. The Morgan fingerprint density at radius 1 is 1.12 bits per heavy atom. The Morgan fingerprint density at radius 2 is 1.71 bits per heavy atom. The highest BCUT2D eigenvalue weighted by molar-refractivity contribution is 5.79. The van der Waals surface area contributed by atoms with Gasteiger partial charge < -0.3 is 9.47 Å². The lowest BCUT2D eigenvalue weighted by Gasteiger charge is -2.13. The van der Waals surface area contributed by atoms with E-state index in [0.29, 0.717) is 19.6 Å². The molecule has 0 atom stereocenters. The first-order valence-corrected chi connectivity index (χ1v) is 4.98. The van der Waals surface area contributed by atoms with E-state index in [1.807, 2.05) is 0 Å². The minimum Gasteiger partial charge on any atom is -0.490 e. The maximum Gasteiger partial charge on any atom is 0.417 e. The molecule has 0 saturated carbocycles. The van der Waals surface area contributed by atoms with E-state index >= 15 is 0 Å². The Morgan fingerprint density at radius 3 is 2.24 bits per heavy atom. The van der Waals surface area contributed by atoms with Gasteiger partial charge in [0.2, 0.25) is 0 Å². The summed E-state index contributed by atoms with van der Waals surface area (Å²) >= 11 is 0. The summed E-state index contributed by atoms with van der Waals surface area (Å²) in [5.74, 6) is 0.207. The second-order valence-electron chi connectivity index (χ2n) is 3.55. The van der Waals surface area contributed by atoms with Gasteiger partial charge in [-0.1, -0.05) is 0 Å². The lowest BCUT2D eigenvalue weighted by atomic mass is 10.1. The third-order valence-electron chi connectivity index (χ3n) is 2.35. The summed E-state index contributed by atoms with van der Waals surface area (Å²) in [5.41, 5.74) is -1.45. The number of fused-ring (bicyclic) bond motifs is 1. The van der Waals surface area contributed by atoms with Gasteiger partial charge in [-0.15, -0.1) is 0 Å². The number of benzene rings is 1. The maximum atomic E-state index is 12.7. The van der Waals surface area contributed by atoms with E-state index in [4.69, 9.17) is 9.47 Å². The number of hydrogen-bond acceptors (Lipinski definition) is 3. The van der Waals surface area contributed by atoms with Gasteiger partial charge in [0.1, 0.15) is 0 Å². The van der Waals surface area contributed by atoms with Gasteiger partial charge in [-0.25, -0.2) is 0 Å². The van der Waals surface area contributed by atoms with Crippen molar-refractivity contribution in [3.63, 3.8) is 0 Å². The normalized spacial score (nSPS) is 15.2. The molecule has 1 aliphatic rings. The molecular weight excluding hydrogens is 237 g/mol. The van der Waals surface area contributed by atoms with E-state index in [-0.39, 0.29) is 17.8 Å². The second-order valence-corrected chi connectivity index (χ2v) is 3.55. The number of halogens is 3. The third kappa shape index (κ3) is 2.35. The van der Waals surface area contributed by atoms with Crippen molar-refractivity contribution in [1.82, 2.24) is 0 Å². The van der Waals surface area contributed by atoms with Crippen molar-refractivity contribution in [2.45, 2.75) is 12.6 Å². The Labute approximate surface area is 95.1 Å². The summed E-state index contributed by atoms with van der Waals surface area (Å²) in [6.45, 7) is 0.654. The van der Waals surface area contributed by atoms with Crippen LogP contribution in [0, 0.1) is 0 Å². The smallest absolute Gasteiger partial charge is 0.417 e. The van der Waals surface area contributed by atoms with Gasteiger partial charge in [0.05, 0.1) is 18.8 Å². The van der Waals surface area contributed by atoms with Crippen molar-refractivity contribution < 1.29 is 27.4 Å². The molecule has 1 aromatic carbocycles. The maximum absolute atomic E-state index is 12.7. The summed E-state index contributed by atoms with van der Waals surface area (Å²) < 4.78 is 48.3. The number of aldehydes is 1. The average molecular weight is 246 g/mol. The number of carbonyl (C=O) groups excluding carboxylic acids is 1. The highest BCUT2D eigenvalue weighted by atomic mass is 19.4. The molecule has 3 nitrogen and oxygen atoms in total. The van der Waals surface area contributed by atoms with E-state index < -0.39 is 17.3 Å². The molecule has 0 radical (unpaired) electrons. The zero-order valence-electron chi connectivity index (χ0n) is 8.71. The molecule has 17 heavy (non-hydrogen) atoms. The van der Waals surface area contributed by atoms with Crippen LogP contribution in [0.3, 0.4) is 0 Å². The van der Waals surface area contributed by atoms with E-state index in [1.165, 1.54) is 0 Å². The predicted molar refractivity (Wildman–Crippen MR) is 52.4 cm³/mol. The van der Waals surface area contributed by atoms with Crippen molar-refractivity contribution in [3.8, 4) is 11.5 Å². The van der Waals surface area contributed by atoms with Gasteiger partial charge in [0.15, 0.2) is 17.8 Å². The van der Waals surface area contributed by atoms with Crippen molar-refractivity contribution in [3.05, 3.63) is 23.3 Å². The van der Waals surface area contributed by atoms with Crippen molar-refractivity contribution in [2.24, 2.45) is 0 Å². The molecule has 0 bridgehead atoms. The molecule has 92 valence electrons. The summed E-state index contributed by atoms with van der Waals surface area (Å²) in [6.07, 6.45) is -3.83. The lowest BCUT2D eigenvalue weighted by molar-refractivity contribution is -0.137. The Bertz CT molecular complexity index is 440. The van der Waals surface area contributed by atoms with Gasteiger partial charge in [-0.3, -0.25) is 4.79 Å². The number of carbonyl (C=O) groups is 1. The van der Waals surface area contributed by atoms with Crippen molar-refractivity contribution >= 4 is 6.29 Å². The molecule has 0 saturated heterocycles. The van der Waals surface area contributed by atoms with Gasteiger partial charge >= 0.3 is 6.18 Å². The Balaban J connectivity index is 2.54. The first-order valence-electron chi connectivity index (χ1n) is 4.98. The first kappa shape index (κ1) is 11.8. The van der Waals surface area contributed by atoms with E-state index in [2.05, 4.69) is 0 Å². The molecule has 0 aliphatic carbocycles. The SMILES string of the molecule is O=Cc1cc2c(cc1C(F)(F)F)OCCCO2. The molecular formula is C11H9F3O3. The molecule has 0 unspecified atom stereocenters. The summed E-state index contributed by atoms with van der Waals surface area (Å²) in [5, 5.41) is 0. The van der Waals surface area contributed by atoms with Crippen LogP contribution >= 0.6 is 0 Å². The predicted octanol–water partition coefficient (Wildman–Crippen LogP) is 2.68. The molecule has 0 amide bonds. The highest BCUT2D eigenvalue weighted by Gasteiger charge is 2.35. The molecule has 1 heterocycles. The van der Waals surface area contributed by atoms with E-state index in [0.717, 1.165) is 12.1 Å². The van der Waals surface area contributed by atoms with Crippen molar-refractivity contribution in [1.29, 1.82) is 0 Å². The molecule has 0 N–H and O–H groups in total. The molecule has 0 spiro atoms. The quantitative estimate of drug-likeness (QED) is 0.714. The van der Waals surface area contributed by atoms with Crippen LogP contribution in [0.1, 0.15) is 22.3 Å². The van der Waals surface area contributed by atoms with Crippen LogP contribution in [-0.2, 0) is 6.18 Å². The fourth-order valence-electron chi connectivity index (χ4n) is 1.57. The van der Waals surface area contributed by atoms with Gasteiger partial charge in [-0.05, 0) is 12.1 Å². The van der Waals surface area contributed by atoms with Gasteiger partial charge in [0.25, 0.3) is 0 Å². The summed E-state index contributed by atoms with van der Waals surface area (Å²) in [7, 11) is 0. The zero-order valence-corrected chi connectivity index (χ0v) is 8.71. The van der Waals surface area contributed by atoms with Crippen LogP contribution in [0.4, 0.5) is 13.2 Å². The van der Waals surface area contributed by atoms with Crippen LogP contribution in [-0.4, -0.2) is 19.5 Å². The highest BCUT2D eigenvalue weighted by Crippen LogP contribution is 2.39. The fraction of sp³-hybridized carbons (Fsp3) is 0.364. The third-order valence-corrected chi connectivity index (χ3v) is 2.35. The van der Waals surface area contributed by atoms with Crippen LogP contribution < -0.4 is 9.47 Å². The molecule has 6 heteroatoms. The van der Waals surface area contributed by atoms with Crippen molar-refractivity contribution in [2.75, 3.05) is 13.2 Å². The number of alkyl halides is 3. The van der Waals surface area contributed by atoms with E-state index in [1.54, 1.807) is 0 Å². The van der Waals surface area contributed by atoms with Gasteiger partial charge in [-0.2, -0.15) is 13.2 Å². The first-order chi connectivity index (χ1) is 8.02. The Kier molecular flexibility index (Phi) is 2.95. The number of hydrogen-bond donors (Lipinski definition) is 0.